The van der Waals surface area contributed by atoms with Crippen LogP contribution in [0.5, 0.6) is 0 Å². The highest BCUT2D eigenvalue weighted by Gasteiger charge is 2.28. The van der Waals surface area contributed by atoms with Crippen LogP contribution in [-0.2, 0) is 13.0 Å². The predicted octanol–water partition coefficient (Wildman–Crippen LogP) is 1.87. The van der Waals surface area contributed by atoms with Gasteiger partial charge in [0.15, 0.2) is 5.69 Å². The normalized spacial score (nSPS) is 18.1. The Morgan fingerprint density at radius 2 is 2.11 bits per heavy atom. The quantitative estimate of drug-likeness (QED) is 0.563. The average Bonchev–Trinajstić information content (AvgIpc) is 2.77. The molecule has 1 unspecified atom stereocenters. The predicted molar refractivity (Wildman–Crippen MR) is 66.3 cm³/mol. The molecule has 0 aliphatic carbocycles. The molecule has 0 amide bonds. The first-order chi connectivity index (χ1) is 8.79. The van der Waals surface area contributed by atoms with Gasteiger partial charge in [-0.15, -0.1) is 0 Å². The maximum atomic E-state index is 12.3. The number of nitrogens with zero attached hydrogens (tertiary/aromatic N) is 3. The van der Waals surface area contributed by atoms with Gasteiger partial charge in [-0.1, -0.05) is 30.3 Å². The van der Waals surface area contributed by atoms with E-state index in [-0.39, 0.29) is 5.92 Å². The van der Waals surface area contributed by atoms with Crippen LogP contribution in [0.4, 0.5) is 0 Å². The molecular formula is C14H13N3O. The van der Waals surface area contributed by atoms with E-state index in [9.17, 15) is 5.21 Å². The molecule has 1 aliphatic heterocycles. The van der Waals surface area contributed by atoms with Crippen LogP contribution < -0.4 is 4.73 Å². The van der Waals surface area contributed by atoms with Crippen molar-refractivity contribution in [1.29, 1.82) is 5.26 Å². The molecule has 90 valence electrons. The largest absolute Gasteiger partial charge is 0.710 e. The maximum Gasteiger partial charge on any atom is 0.261 e. The second-order valence-electron chi connectivity index (χ2n) is 4.60. The highest BCUT2D eigenvalue weighted by Crippen LogP contribution is 2.23. The lowest BCUT2D eigenvalue weighted by Crippen LogP contribution is -2.36. The molecule has 0 N–H and O–H groups in total. The Kier molecular flexibility index (Phi) is 2.52. The summed E-state index contributed by atoms with van der Waals surface area (Å²) < 4.78 is 2.95. The average molecular weight is 239 g/mol. The Labute approximate surface area is 105 Å². The molecule has 4 nitrogen and oxygen atoms in total. The molecule has 0 spiro atoms. The van der Waals surface area contributed by atoms with Gasteiger partial charge in [0, 0.05) is 12.0 Å². The van der Waals surface area contributed by atoms with Crippen molar-refractivity contribution in [3.63, 3.8) is 0 Å². The number of benzene rings is 1. The van der Waals surface area contributed by atoms with Gasteiger partial charge >= 0.3 is 0 Å². The van der Waals surface area contributed by atoms with Crippen LogP contribution in [0, 0.1) is 22.5 Å². The van der Waals surface area contributed by atoms with E-state index in [0.29, 0.717) is 17.9 Å². The fraction of sp³-hybridized carbons (Fsp3) is 0.286. The van der Waals surface area contributed by atoms with Gasteiger partial charge in [0.05, 0.1) is 25.0 Å². The summed E-state index contributed by atoms with van der Waals surface area (Å²) in [6.45, 7) is 0.753. The van der Waals surface area contributed by atoms with Crippen molar-refractivity contribution in [1.82, 2.24) is 4.57 Å². The number of nitriles is 1. The summed E-state index contributed by atoms with van der Waals surface area (Å²) in [6, 6.07) is 11.9. The van der Waals surface area contributed by atoms with Crippen LogP contribution in [-0.4, -0.2) is 4.57 Å². The van der Waals surface area contributed by atoms with Gasteiger partial charge in [0.1, 0.15) is 6.20 Å². The van der Waals surface area contributed by atoms with E-state index in [1.807, 2.05) is 41.1 Å². The van der Waals surface area contributed by atoms with Crippen LogP contribution in [0.15, 0.2) is 36.5 Å². The van der Waals surface area contributed by atoms with Crippen molar-refractivity contribution < 1.29 is 4.73 Å². The molecule has 1 atom stereocenters. The van der Waals surface area contributed by atoms with E-state index >= 15 is 0 Å². The SMILES string of the molecule is N#CC1CCn2cc(-c3ccccc3)[n+]([O-])c2C1. The van der Waals surface area contributed by atoms with E-state index in [0.717, 1.165) is 23.3 Å². The smallest absolute Gasteiger partial charge is 0.261 e. The molecule has 2 heterocycles. The van der Waals surface area contributed by atoms with Crippen LogP contribution in [0.3, 0.4) is 0 Å². The highest BCUT2D eigenvalue weighted by molar-refractivity contribution is 5.55. The summed E-state index contributed by atoms with van der Waals surface area (Å²) in [6.07, 6.45) is 3.27. The number of aromatic nitrogens is 2. The molecule has 4 heteroatoms. The number of hydrogen-bond donors (Lipinski definition) is 0. The fourth-order valence-corrected chi connectivity index (χ4v) is 2.45. The lowest BCUT2D eigenvalue weighted by Gasteiger charge is -2.15. The maximum absolute atomic E-state index is 12.3. The van der Waals surface area contributed by atoms with E-state index in [2.05, 4.69) is 6.07 Å². The zero-order valence-electron chi connectivity index (χ0n) is 9.91. The monoisotopic (exact) mass is 239 g/mol. The Morgan fingerprint density at radius 3 is 2.83 bits per heavy atom. The second kappa shape index (κ2) is 4.19. The Hall–Kier alpha value is -2.28. The molecule has 0 bridgehead atoms. The third-order valence-corrected chi connectivity index (χ3v) is 3.46. The molecule has 1 aliphatic rings. The molecule has 0 saturated heterocycles. The fourth-order valence-electron chi connectivity index (χ4n) is 2.45. The summed E-state index contributed by atoms with van der Waals surface area (Å²) in [5.41, 5.74) is 1.59. The van der Waals surface area contributed by atoms with Gasteiger partial charge in [0.25, 0.3) is 5.82 Å². The number of rotatable bonds is 1. The van der Waals surface area contributed by atoms with Gasteiger partial charge in [-0.3, -0.25) is 0 Å². The van der Waals surface area contributed by atoms with Gasteiger partial charge in [-0.25, -0.2) is 9.30 Å². The van der Waals surface area contributed by atoms with Crippen LogP contribution in [0.2, 0.25) is 0 Å². The summed E-state index contributed by atoms with van der Waals surface area (Å²) in [5.74, 6) is 0.669. The molecule has 0 radical (unpaired) electrons. The van der Waals surface area contributed by atoms with E-state index in [1.165, 1.54) is 0 Å². The molecule has 0 saturated carbocycles. The molecule has 3 rings (SSSR count). The Morgan fingerprint density at radius 1 is 1.33 bits per heavy atom. The van der Waals surface area contributed by atoms with Crippen LogP contribution in [0.1, 0.15) is 12.2 Å². The van der Waals surface area contributed by atoms with Crippen LogP contribution >= 0.6 is 0 Å². The topological polar surface area (TPSA) is 55.7 Å². The van der Waals surface area contributed by atoms with Gasteiger partial charge in [0.2, 0.25) is 0 Å². The first-order valence-corrected chi connectivity index (χ1v) is 6.06. The minimum absolute atomic E-state index is 0.0313. The molecule has 0 fully saturated rings. The highest BCUT2D eigenvalue weighted by atomic mass is 16.5. The van der Waals surface area contributed by atoms with E-state index in [1.54, 1.807) is 0 Å². The van der Waals surface area contributed by atoms with Gasteiger partial charge in [-0.05, 0) is 0 Å². The standard InChI is InChI=1S/C14H13N3O/c15-9-11-6-7-16-10-13(17(18)14(16)8-11)12-4-2-1-3-5-12/h1-5,10-11H,6-8H2. The first-order valence-electron chi connectivity index (χ1n) is 6.06. The molecule has 1 aromatic heterocycles. The number of hydrogen-bond acceptors (Lipinski definition) is 2. The van der Waals surface area contributed by atoms with Gasteiger partial charge < -0.3 is 5.21 Å². The number of imidazole rings is 1. The van der Waals surface area contributed by atoms with Crippen molar-refractivity contribution in [3.05, 3.63) is 47.6 Å². The summed E-state index contributed by atoms with van der Waals surface area (Å²) >= 11 is 0. The number of aryl methyl sites for hydroxylation is 1. The van der Waals surface area contributed by atoms with Crippen molar-refractivity contribution in [2.45, 2.75) is 19.4 Å². The van der Waals surface area contributed by atoms with Crippen molar-refractivity contribution >= 4 is 0 Å². The summed E-state index contributed by atoms with van der Waals surface area (Å²) in [4.78, 5) is 0. The zero-order chi connectivity index (χ0) is 12.5. The lowest BCUT2D eigenvalue weighted by molar-refractivity contribution is -0.603. The molecule has 18 heavy (non-hydrogen) atoms. The third-order valence-electron chi connectivity index (χ3n) is 3.46. The number of fused-ring (bicyclic) bond motifs is 1. The Balaban J connectivity index is 2.06. The minimum atomic E-state index is -0.0313. The molecule has 1 aromatic carbocycles. The second-order valence-corrected chi connectivity index (χ2v) is 4.60. The molecule has 2 aromatic rings. The van der Waals surface area contributed by atoms with Crippen molar-refractivity contribution in [2.24, 2.45) is 5.92 Å². The first kappa shape index (κ1) is 10.8. The van der Waals surface area contributed by atoms with E-state index in [4.69, 9.17) is 5.26 Å². The van der Waals surface area contributed by atoms with Crippen molar-refractivity contribution in [2.75, 3.05) is 0 Å². The minimum Gasteiger partial charge on any atom is -0.710 e. The summed E-state index contributed by atoms with van der Waals surface area (Å²) in [5, 5.41) is 21.2. The lowest BCUT2D eigenvalue weighted by atomic mass is 10.00. The van der Waals surface area contributed by atoms with Crippen LogP contribution in [0.25, 0.3) is 11.3 Å². The molecular weight excluding hydrogens is 226 g/mol. The Bertz CT molecular complexity index is 610. The zero-order valence-corrected chi connectivity index (χ0v) is 9.91. The van der Waals surface area contributed by atoms with Gasteiger partial charge in [-0.2, -0.15) is 5.26 Å². The third kappa shape index (κ3) is 1.65. The van der Waals surface area contributed by atoms with E-state index < -0.39 is 0 Å². The summed E-state index contributed by atoms with van der Waals surface area (Å²) in [7, 11) is 0. The van der Waals surface area contributed by atoms with Crippen molar-refractivity contribution in [3.8, 4) is 17.3 Å².